The number of oxazole rings is 1. The van der Waals surface area contributed by atoms with Crippen LogP contribution in [0.15, 0.2) is 10.6 Å². The number of nitrogens with two attached hydrogens (primary N) is 1. The fraction of sp³-hybridized carbons (Fsp3) is 0.700. The lowest BCUT2D eigenvalue weighted by molar-refractivity contribution is 0.411. The summed E-state index contributed by atoms with van der Waals surface area (Å²) in [7, 11) is -3.22. The van der Waals surface area contributed by atoms with Crippen LogP contribution in [0.25, 0.3) is 0 Å². The van der Waals surface area contributed by atoms with E-state index >= 15 is 0 Å². The van der Waals surface area contributed by atoms with Gasteiger partial charge in [0.2, 0.25) is 0 Å². The second kappa shape index (κ2) is 4.55. The van der Waals surface area contributed by atoms with Crippen molar-refractivity contribution in [3.05, 3.63) is 17.8 Å². The van der Waals surface area contributed by atoms with Crippen LogP contribution < -0.4 is 5.73 Å². The summed E-state index contributed by atoms with van der Waals surface area (Å²) >= 11 is 0. The van der Waals surface area contributed by atoms with Gasteiger partial charge in [-0.3, -0.25) is 0 Å². The molecule has 6 heteroatoms. The van der Waals surface area contributed by atoms with Crippen molar-refractivity contribution in [1.82, 2.24) is 4.98 Å². The standard InChI is InChI=1S/C10H18N2O3S/c1-10(2,16(3,13)14)8-7-12-9(15-8)5-4-6-11/h7H,4-6,11H2,1-3H3. The molecule has 0 aromatic carbocycles. The Morgan fingerprint density at radius 2 is 2.12 bits per heavy atom. The van der Waals surface area contributed by atoms with Crippen LogP contribution in [0.3, 0.4) is 0 Å². The summed E-state index contributed by atoms with van der Waals surface area (Å²) in [5, 5.41) is 0. The van der Waals surface area contributed by atoms with Crippen LogP contribution in [0.5, 0.6) is 0 Å². The Morgan fingerprint density at radius 1 is 1.50 bits per heavy atom. The summed E-state index contributed by atoms with van der Waals surface area (Å²) in [5.41, 5.74) is 5.37. The summed E-state index contributed by atoms with van der Waals surface area (Å²) in [6.07, 6.45) is 4.08. The minimum atomic E-state index is -3.22. The molecule has 0 fully saturated rings. The smallest absolute Gasteiger partial charge is 0.194 e. The van der Waals surface area contributed by atoms with E-state index in [1.54, 1.807) is 13.8 Å². The Bertz CT molecular complexity index is 448. The van der Waals surface area contributed by atoms with Crippen LogP contribution in [0.2, 0.25) is 0 Å². The highest BCUT2D eigenvalue weighted by Gasteiger charge is 2.36. The molecule has 0 aliphatic heterocycles. The van der Waals surface area contributed by atoms with E-state index in [2.05, 4.69) is 4.98 Å². The van der Waals surface area contributed by atoms with Gasteiger partial charge in [0.15, 0.2) is 15.7 Å². The number of hydrogen-bond acceptors (Lipinski definition) is 5. The second-order valence-corrected chi connectivity index (χ2v) is 6.86. The van der Waals surface area contributed by atoms with E-state index in [9.17, 15) is 8.42 Å². The zero-order valence-electron chi connectivity index (χ0n) is 9.86. The van der Waals surface area contributed by atoms with Crippen LogP contribution in [0, 0.1) is 0 Å². The molecular formula is C10H18N2O3S. The minimum Gasteiger partial charge on any atom is -0.444 e. The molecule has 0 saturated carbocycles. The van der Waals surface area contributed by atoms with Crippen molar-refractivity contribution in [1.29, 1.82) is 0 Å². The highest BCUT2D eigenvalue weighted by Crippen LogP contribution is 2.29. The number of sulfone groups is 1. The molecule has 16 heavy (non-hydrogen) atoms. The fourth-order valence-corrected chi connectivity index (χ4v) is 1.60. The van der Waals surface area contributed by atoms with Crippen molar-refractivity contribution >= 4 is 9.84 Å². The van der Waals surface area contributed by atoms with Gasteiger partial charge in [-0.2, -0.15) is 0 Å². The molecule has 0 saturated heterocycles. The number of aromatic nitrogens is 1. The van der Waals surface area contributed by atoms with Gasteiger partial charge in [-0.25, -0.2) is 13.4 Å². The molecule has 0 unspecified atom stereocenters. The molecule has 92 valence electrons. The zero-order valence-corrected chi connectivity index (χ0v) is 10.7. The third-order valence-electron chi connectivity index (χ3n) is 2.67. The van der Waals surface area contributed by atoms with Crippen LogP contribution in [0.4, 0.5) is 0 Å². The highest BCUT2D eigenvalue weighted by molar-refractivity contribution is 7.91. The average molecular weight is 246 g/mol. The summed E-state index contributed by atoms with van der Waals surface area (Å²) in [6.45, 7) is 3.78. The van der Waals surface area contributed by atoms with Gasteiger partial charge in [0.25, 0.3) is 0 Å². The Morgan fingerprint density at radius 3 is 2.62 bits per heavy atom. The molecule has 0 amide bonds. The van der Waals surface area contributed by atoms with Gasteiger partial charge in [0, 0.05) is 12.7 Å². The number of nitrogens with zero attached hydrogens (tertiary/aromatic N) is 1. The Balaban J connectivity index is 2.94. The van der Waals surface area contributed by atoms with E-state index in [1.807, 2.05) is 0 Å². The summed E-state index contributed by atoms with van der Waals surface area (Å²) in [4.78, 5) is 4.05. The van der Waals surface area contributed by atoms with E-state index < -0.39 is 14.6 Å². The molecule has 1 aromatic rings. The summed E-state index contributed by atoms with van der Waals surface area (Å²) < 4.78 is 27.5. The molecule has 2 N–H and O–H groups in total. The van der Waals surface area contributed by atoms with Gasteiger partial charge in [0.1, 0.15) is 10.5 Å². The number of rotatable bonds is 5. The quantitative estimate of drug-likeness (QED) is 0.832. The molecule has 1 rings (SSSR count). The average Bonchev–Trinajstić information content (AvgIpc) is 2.61. The first kappa shape index (κ1) is 13.2. The third-order valence-corrected chi connectivity index (χ3v) is 4.72. The maximum Gasteiger partial charge on any atom is 0.194 e. The summed E-state index contributed by atoms with van der Waals surface area (Å²) in [5.74, 6) is 0.916. The van der Waals surface area contributed by atoms with Gasteiger partial charge in [-0.15, -0.1) is 0 Å². The first-order chi connectivity index (χ1) is 7.29. The van der Waals surface area contributed by atoms with Crippen molar-refractivity contribution in [3.63, 3.8) is 0 Å². The number of hydrogen-bond donors (Lipinski definition) is 1. The maximum absolute atomic E-state index is 11.6. The molecular weight excluding hydrogens is 228 g/mol. The highest BCUT2D eigenvalue weighted by atomic mass is 32.2. The summed E-state index contributed by atoms with van der Waals surface area (Å²) in [6, 6.07) is 0. The van der Waals surface area contributed by atoms with Crippen LogP contribution in [-0.4, -0.2) is 26.2 Å². The monoisotopic (exact) mass is 246 g/mol. The number of aryl methyl sites for hydroxylation is 1. The van der Waals surface area contributed by atoms with Crippen LogP contribution in [0.1, 0.15) is 31.9 Å². The predicted octanol–water partition coefficient (Wildman–Crippen LogP) is 0.846. The van der Waals surface area contributed by atoms with Crippen molar-refractivity contribution in [2.24, 2.45) is 5.73 Å². The lowest BCUT2D eigenvalue weighted by Crippen LogP contribution is -2.27. The van der Waals surface area contributed by atoms with Crippen molar-refractivity contribution in [2.75, 3.05) is 12.8 Å². The largest absolute Gasteiger partial charge is 0.444 e. The molecule has 0 aliphatic carbocycles. The maximum atomic E-state index is 11.6. The second-order valence-electron chi connectivity index (χ2n) is 4.29. The molecule has 1 aromatic heterocycles. The van der Waals surface area contributed by atoms with Crippen LogP contribution in [-0.2, 0) is 21.0 Å². The van der Waals surface area contributed by atoms with E-state index in [0.29, 0.717) is 24.6 Å². The SMILES string of the molecule is CC(C)(c1cnc(CCCN)o1)S(C)(=O)=O. The van der Waals surface area contributed by atoms with E-state index in [1.165, 1.54) is 12.5 Å². The van der Waals surface area contributed by atoms with Crippen molar-refractivity contribution in [2.45, 2.75) is 31.4 Å². The normalized spacial score (nSPS) is 13.0. The van der Waals surface area contributed by atoms with Crippen molar-refractivity contribution in [3.8, 4) is 0 Å². The first-order valence-corrected chi connectivity index (χ1v) is 7.03. The van der Waals surface area contributed by atoms with Gasteiger partial charge in [0.05, 0.1) is 6.20 Å². The van der Waals surface area contributed by atoms with Crippen molar-refractivity contribution < 1.29 is 12.8 Å². The Labute approximate surface area is 96.0 Å². The Hall–Kier alpha value is -0.880. The third kappa shape index (κ3) is 2.62. The van der Waals surface area contributed by atoms with Gasteiger partial charge < -0.3 is 10.2 Å². The van der Waals surface area contributed by atoms with E-state index in [-0.39, 0.29) is 0 Å². The molecule has 5 nitrogen and oxygen atoms in total. The van der Waals surface area contributed by atoms with Crippen LogP contribution >= 0.6 is 0 Å². The molecule has 0 aliphatic rings. The van der Waals surface area contributed by atoms with Gasteiger partial charge in [-0.1, -0.05) is 0 Å². The first-order valence-electron chi connectivity index (χ1n) is 5.14. The minimum absolute atomic E-state index is 0.377. The lowest BCUT2D eigenvalue weighted by atomic mass is 10.2. The van der Waals surface area contributed by atoms with E-state index in [4.69, 9.17) is 10.2 Å². The fourth-order valence-electron chi connectivity index (χ4n) is 1.14. The molecule has 1 heterocycles. The molecule has 0 spiro atoms. The van der Waals surface area contributed by atoms with Gasteiger partial charge >= 0.3 is 0 Å². The Kier molecular flexibility index (Phi) is 3.75. The van der Waals surface area contributed by atoms with E-state index in [0.717, 1.165) is 6.42 Å². The molecule has 0 radical (unpaired) electrons. The molecule has 0 atom stereocenters. The topological polar surface area (TPSA) is 86.2 Å². The van der Waals surface area contributed by atoms with Gasteiger partial charge in [-0.05, 0) is 26.8 Å². The lowest BCUT2D eigenvalue weighted by Gasteiger charge is -2.18. The zero-order chi connectivity index (χ0) is 12.4. The molecule has 0 bridgehead atoms. The predicted molar refractivity (Wildman–Crippen MR) is 61.7 cm³/mol.